The van der Waals surface area contributed by atoms with Gasteiger partial charge >= 0.3 is 0 Å². The van der Waals surface area contributed by atoms with E-state index in [0.29, 0.717) is 5.57 Å². The van der Waals surface area contributed by atoms with Crippen LogP contribution in [-0.4, -0.2) is 5.91 Å². The van der Waals surface area contributed by atoms with Crippen molar-refractivity contribution in [2.45, 2.75) is 34.6 Å². The molecule has 0 saturated heterocycles. The van der Waals surface area contributed by atoms with Gasteiger partial charge in [0.2, 0.25) is 5.91 Å². The van der Waals surface area contributed by atoms with E-state index in [-0.39, 0.29) is 0 Å². The van der Waals surface area contributed by atoms with Crippen molar-refractivity contribution in [2.24, 2.45) is 5.73 Å². The SMILES string of the molecule is C=C/C(=C\C=C/C)C(N)=O.CC.CC. The first-order valence-corrected chi connectivity index (χ1v) is 4.97. The van der Waals surface area contributed by atoms with Gasteiger partial charge in [0, 0.05) is 5.57 Å². The van der Waals surface area contributed by atoms with Crippen LogP contribution in [0.15, 0.2) is 36.5 Å². The fourth-order valence-electron chi connectivity index (χ4n) is 0.451. The van der Waals surface area contributed by atoms with E-state index in [1.807, 2.05) is 40.7 Å². The molecule has 0 fully saturated rings. The van der Waals surface area contributed by atoms with Crippen molar-refractivity contribution in [3.8, 4) is 0 Å². The largest absolute Gasteiger partial charge is 0.366 e. The molecule has 0 aromatic carbocycles. The maximum Gasteiger partial charge on any atom is 0.248 e. The summed E-state index contributed by atoms with van der Waals surface area (Å²) in [5, 5.41) is 0. The Kier molecular flexibility index (Phi) is 23.3. The molecule has 0 aliphatic rings. The molecular weight excluding hydrogens is 174 g/mol. The zero-order valence-electron chi connectivity index (χ0n) is 10.0. The highest BCUT2D eigenvalue weighted by Gasteiger charge is 1.94. The quantitative estimate of drug-likeness (QED) is 0.548. The molecule has 1 amide bonds. The van der Waals surface area contributed by atoms with Crippen LogP contribution in [0.3, 0.4) is 0 Å². The topological polar surface area (TPSA) is 43.1 Å². The van der Waals surface area contributed by atoms with Gasteiger partial charge in [-0.3, -0.25) is 4.79 Å². The molecule has 2 heteroatoms. The molecule has 0 atom stereocenters. The first kappa shape index (κ1) is 18.5. The molecule has 0 rings (SSSR count). The summed E-state index contributed by atoms with van der Waals surface area (Å²) in [6, 6.07) is 0. The van der Waals surface area contributed by atoms with Gasteiger partial charge in [-0.05, 0) is 13.0 Å². The van der Waals surface area contributed by atoms with E-state index in [2.05, 4.69) is 6.58 Å². The summed E-state index contributed by atoms with van der Waals surface area (Å²) in [6.07, 6.45) is 6.60. The highest BCUT2D eigenvalue weighted by Crippen LogP contribution is 1.93. The maximum atomic E-state index is 10.5. The van der Waals surface area contributed by atoms with E-state index in [1.165, 1.54) is 6.08 Å². The monoisotopic (exact) mass is 197 g/mol. The lowest BCUT2D eigenvalue weighted by Crippen LogP contribution is -2.11. The van der Waals surface area contributed by atoms with Crippen LogP contribution in [-0.2, 0) is 4.79 Å². The Hall–Kier alpha value is -1.31. The van der Waals surface area contributed by atoms with Crippen molar-refractivity contribution < 1.29 is 4.79 Å². The van der Waals surface area contributed by atoms with E-state index in [9.17, 15) is 4.79 Å². The Balaban J connectivity index is -0.000000266. The predicted octanol–water partition coefficient (Wildman–Crippen LogP) is 3.21. The average molecular weight is 197 g/mol. The third-order valence-corrected chi connectivity index (χ3v) is 0.973. The van der Waals surface area contributed by atoms with Crippen LogP contribution < -0.4 is 5.73 Å². The van der Waals surface area contributed by atoms with Crippen molar-refractivity contribution in [3.05, 3.63) is 36.5 Å². The highest BCUT2D eigenvalue weighted by atomic mass is 16.1. The lowest BCUT2D eigenvalue weighted by atomic mass is 10.2. The molecule has 0 aromatic heterocycles. The van der Waals surface area contributed by atoms with E-state index in [4.69, 9.17) is 5.73 Å². The minimum atomic E-state index is -0.451. The smallest absolute Gasteiger partial charge is 0.248 e. The van der Waals surface area contributed by atoms with E-state index in [0.717, 1.165) is 0 Å². The zero-order chi connectivity index (χ0) is 12.0. The van der Waals surface area contributed by atoms with E-state index in [1.54, 1.807) is 12.2 Å². The Labute approximate surface area is 88.2 Å². The normalized spacial score (nSPS) is 9.36. The van der Waals surface area contributed by atoms with Gasteiger partial charge in [-0.25, -0.2) is 0 Å². The van der Waals surface area contributed by atoms with E-state index >= 15 is 0 Å². The Morgan fingerprint density at radius 3 is 1.86 bits per heavy atom. The van der Waals surface area contributed by atoms with Crippen LogP contribution in [0.4, 0.5) is 0 Å². The summed E-state index contributed by atoms with van der Waals surface area (Å²) < 4.78 is 0. The lowest BCUT2D eigenvalue weighted by molar-refractivity contribution is -0.114. The Morgan fingerprint density at radius 2 is 1.64 bits per heavy atom. The van der Waals surface area contributed by atoms with Gasteiger partial charge in [0.15, 0.2) is 0 Å². The molecule has 0 saturated carbocycles. The summed E-state index contributed by atoms with van der Waals surface area (Å²) in [4.78, 5) is 10.5. The lowest BCUT2D eigenvalue weighted by Gasteiger charge is -1.89. The number of carbonyl (C=O) groups is 1. The molecule has 2 nitrogen and oxygen atoms in total. The Bertz CT molecular complexity index is 190. The number of rotatable bonds is 3. The highest BCUT2D eigenvalue weighted by molar-refractivity contribution is 5.94. The molecule has 0 unspecified atom stereocenters. The van der Waals surface area contributed by atoms with Gasteiger partial charge in [0.25, 0.3) is 0 Å². The third kappa shape index (κ3) is 13.3. The van der Waals surface area contributed by atoms with Crippen LogP contribution in [0, 0.1) is 0 Å². The summed E-state index contributed by atoms with van der Waals surface area (Å²) >= 11 is 0. The molecule has 2 N–H and O–H groups in total. The molecule has 82 valence electrons. The average Bonchev–Trinajstić information content (AvgIpc) is 2.24. The van der Waals surface area contributed by atoms with Crippen molar-refractivity contribution in [2.75, 3.05) is 0 Å². The van der Waals surface area contributed by atoms with Crippen molar-refractivity contribution in [1.82, 2.24) is 0 Å². The molecule has 0 aromatic rings. The third-order valence-electron chi connectivity index (χ3n) is 0.973. The minimum Gasteiger partial charge on any atom is -0.366 e. The predicted molar refractivity (Wildman–Crippen MR) is 65.0 cm³/mol. The molecule has 14 heavy (non-hydrogen) atoms. The molecule has 0 radical (unpaired) electrons. The van der Waals surface area contributed by atoms with Gasteiger partial charge in [-0.1, -0.05) is 52.5 Å². The first-order chi connectivity index (χ1) is 6.72. The second-order valence-electron chi connectivity index (χ2n) is 1.72. The summed E-state index contributed by atoms with van der Waals surface area (Å²) in [6.45, 7) is 13.3. The van der Waals surface area contributed by atoms with Crippen LogP contribution >= 0.6 is 0 Å². The number of amides is 1. The summed E-state index contributed by atoms with van der Waals surface area (Å²) in [7, 11) is 0. The van der Waals surface area contributed by atoms with Crippen LogP contribution in [0.1, 0.15) is 34.6 Å². The molecule has 0 spiro atoms. The van der Waals surface area contributed by atoms with Crippen LogP contribution in [0.5, 0.6) is 0 Å². The molecule has 0 heterocycles. The maximum absolute atomic E-state index is 10.5. The van der Waals surface area contributed by atoms with Gasteiger partial charge in [-0.2, -0.15) is 0 Å². The first-order valence-electron chi connectivity index (χ1n) is 4.97. The van der Waals surface area contributed by atoms with Gasteiger partial charge in [-0.15, -0.1) is 0 Å². The zero-order valence-corrected chi connectivity index (χ0v) is 10.0. The van der Waals surface area contributed by atoms with Gasteiger partial charge in [0.1, 0.15) is 0 Å². The minimum absolute atomic E-state index is 0.429. The standard InChI is InChI=1S/C8H11NO.2C2H6/c1-3-5-6-7(4-2)8(9)10;2*1-2/h3-6H,2H2,1H3,(H2,9,10);2*1-2H3/b5-3-,7-6+;;. The molecular formula is C12H23NO. The number of hydrogen-bond donors (Lipinski definition) is 1. The van der Waals surface area contributed by atoms with Gasteiger partial charge < -0.3 is 5.73 Å². The number of nitrogens with two attached hydrogens (primary N) is 1. The second-order valence-corrected chi connectivity index (χ2v) is 1.72. The van der Waals surface area contributed by atoms with Crippen LogP contribution in [0.25, 0.3) is 0 Å². The summed E-state index contributed by atoms with van der Waals surface area (Å²) in [5.41, 5.74) is 5.40. The van der Waals surface area contributed by atoms with E-state index < -0.39 is 5.91 Å². The molecule has 0 aliphatic heterocycles. The fraction of sp³-hybridized carbons (Fsp3) is 0.417. The summed E-state index contributed by atoms with van der Waals surface area (Å²) in [5.74, 6) is -0.451. The number of allylic oxidation sites excluding steroid dienone is 3. The van der Waals surface area contributed by atoms with Gasteiger partial charge in [0.05, 0.1) is 0 Å². The van der Waals surface area contributed by atoms with Crippen molar-refractivity contribution in [3.63, 3.8) is 0 Å². The Morgan fingerprint density at radius 1 is 1.21 bits per heavy atom. The molecule has 0 aliphatic carbocycles. The number of primary amides is 1. The van der Waals surface area contributed by atoms with Crippen LogP contribution in [0.2, 0.25) is 0 Å². The van der Waals surface area contributed by atoms with Crippen molar-refractivity contribution >= 4 is 5.91 Å². The molecule has 0 bridgehead atoms. The number of carbonyl (C=O) groups excluding carboxylic acids is 1. The number of hydrogen-bond acceptors (Lipinski definition) is 1. The fourth-order valence-corrected chi connectivity index (χ4v) is 0.451. The van der Waals surface area contributed by atoms with Crippen molar-refractivity contribution in [1.29, 1.82) is 0 Å². The second kappa shape index (κ2) is 17.7.